The van der Waals surface area contributed by atoms with E-state index in [1.807, 2.05) is 141 Å². The number of fused-ring (bicyclic) bond motifs is 8. The van der Waals surface area contributed by atoms with Crippen molar-refractivity contribution in [1.29, 1.82) is 10.5 Å². The van der Waals surface area contributed by atoms with Gasteiger partial charge in [-0.2, -0.15) is 0 Å². The van der Waals surface area contributed by atoms with Crippen LogP contribution in [0.4, 0.5) is 0 Å². The molecule has 0 unspecified atom stereocenters. The number of carbonyl (C=O) groups excluding carboxylic acids is 2. The molecular formula is C88H82N4O2S10. The zero-order valence-electron chi connectivity index (χ0n) is 59.4. The second kappa shape index (κ2) is 36.1. The number of aryl methyl sites for hydroxylation is 4. The van der Waals surface area contributed by atoms with Crippen LogP contribution < -0.4 is 0 Å². The van der Waals surface area contributed by atoms with Gasteiger partial charge in [0, 0.05) is 157 Å². The minimum Gasteiger partial charge on any atom is -0.289 e. The van der Waals surface area contributed by atoms with Crippen molar-refractivity contribution in [2.24, 2.45) is 0 Å². The van der Waals surface area contributed by atoms with Gasteiger partial charge in [0.2, 0.25) is 0 Å². The number of carbonyl (C=O) groups is 2. The fraction of sp³-hybridized carbons (Fsp3) is 0.318. The van der Waals surface area contributed by atoms with Crippen LogP contribution in [0.15, 0.2) is 152 Å². The van der Waals surface area contributed by atoms with Crippen molar-refractivity contribution in [3.8, 4) is 33.0 Å². The summed E-state index contributed by atoms with van der Waals surface area (Å²) in [5, 5.41) is 21.0. The topological polar surface area (TPSA) is 90.4 Å². The summed E-state index contributed by atoms with van der Waals surface area (Å²) in [4.78, 5) is 51.9. The minimum atomic E-state index is -0.191. The Morgan fingerprint density at radius 2 is 0.673 bits per heavy atom. The Balaban J connectivity index is 1.01. The third kappa shape index (κ3) is 16.9. The molecule has 9 aromatic rings. The average Bonchev–Trinajstić information content (AvgIpc) is 1.55. The number of nitriles is 2. The summed E-state index contributed by atoms with van der Waals surface area (Å²) in [5.74, 6) is 2.83. The molecule has 4 aliphatic carbocycles. The van der Waals surface area contributed by atoms with E-state index in [1.54, 1.807) is 34.8 Å². The van der Waals surface area contributed by atoms with E-state index in [0.29, 0.717) is 44.5 Å². The molecular weight excluding hydrogens is 1470 g/mol. The van der Waals surface area contributed by atoms with Crippen LogP contribution in [-0.4, -0.2) is 11.6 Å². The summed E-state index contributed by atoms with van der Waals surface area (Å²) in [7, 11) is 0. The summed E-state index contributed by atoms with van der Waals surface area (Å²) in [6.07, 6.45) is 27.8. The van der Waals surface area contributed by atoms with Gasteiger partial charge < -0.3 is 0 Å². The van der Waals surface area contributed by atoms with Gasteiger partial charge in [-0.15, -0.1) is 115 Å². The molecule has 0 fully saturated rings. The Morgan fingerprint density at radius 1 is 0.365 bits per heavy atom. The van der Waals surface area contributed by atoms with Crippen LogP contribution in [0.5, 0.6) is 0 Å². The predicted molar refractivity (Wildman–Crippen MR) is 455 cm³/mol. The first kappa shape index (κ1) is 75.2. The van der Waals surface area contributed by atoms with Gasteiger partial charge in [0.1, 0.15) is 0 Å². The zero-order chi connectivity index (χ0) is 72.1. The molecule has 0 amide bonds. The first-order chi connectivity index (χ1) is 51.0. The predicted octanol–water partition coefficient (Wildman–Crippen LogP) is 28.5. The average molecular weight is 1550 g/mol. The second-order valence-corrected chi connectivity index (χ2v) is 38.3. The maximum absolute atomic E-state index is 14.7. The molecule has 0 aliphatic heterocycles. The van der Waals surface area contributed by atoms with Crippen LogP contribution in [0.2, 0.25) is 0 Å². The largest absolute Gasteiger partial charge is 0.289 e. The summed E-state index contributed by atoms with van der Waals surface area (Å²) >= 11 is 18.8. The maximum atomic E-state index is 14.7. The number of rotatable bonds is 34. The Labute approximate surface area is 655 Å². The van der Waals surface area contributed by atoms with E-state index < -0.39 is 0 Å². The molecule has 0 radical (unpaired) electrons. The van der Waals surface area contributed by atoms with Gasteiger partial charge in [-0.1, -0.05) is 153 Å². The highest BCUT2D eigenvalue weighted by molar-refractivity contribution is 8.22. The van der Waals surface area contributed by atoms with E-state index in [4.69, 9.17) is 13.1 Å². The van der Waals surface area contributed by atoms with Crippen molar-refractivity contribution in [1.82, 2.24) is 0 Å². The lowest BCUT2D eigenvalue weighted by Crippen LogP contribution is -1.95. The first-order valence-electron chi connectivity index (χ1n) is 36.6. The number of nitrogens with zero attached hydrogens (tertiary/aromatic N) is 4. The molecule has 526 valence electrons. The molecule has 0 bridgehead atoms. The molecule has 0 spiro atoms. The molecule has 0 saturated heterocycles. The Hall–Kier alpha value is -7.00. The van der Waals surface area contributed by atoms with Crippen LogP contribution >= 0.6 is 115 Å². The highest BCUT2D eigenvalue weighted by Crippen LogP contribution is 2.61. The highest BCUT2D eigenvalue weighted by Gasteiger charge is 2.39. The number of hydrogen-bond acceptors (Lipinski definition) is 14. The van der Waals surface area contributed by atoms with Crippen LogP contribution in [0.1, 0.15) is 233 Å². The Morgan fingerprint density at radius 3 is 0.971 bits per heavy atom. The third-order valence-electron chi connectivity index (χ3n) is 19.4. The second-order valence-electron chi connectivity index (χ2n) is 26.7. The normalized spacial score (nSPS) is 14.9. The van der Waals surface area contributed by atoms with E-state index in [-0.39, 0.29) is 23.0 Å². The molecule has 0 atom stereocenters. The quantitative estimate of drug-likeness (QED) is 0.0171. The van der Waals surface area contributed by atoms with Crippen LogP contribution in [0.25, 0.3) is 65.0 Å². The Bertz CT molecular complexity index is 4640. The lowest BCUT2D eigenvalue weighted by molar-refractivity contribution is 0.103. The van der Waals surface area contributed by atoms with E-state index in [9.17, 15) is 20.1 Å². The van der Waals surface area contributed by atoms with Crippen molar-refractivity contribution >= 4 is 161 Å². The number of ketones is 2. The number of Topliss-reactive ketones (excluding diaryl/α,β-unsaturated/α-hetero) is 2. The molecule has 6 aromatic heterocycles. The van der Waals surface area contributed by atoms with Crippen molar-refractivity contribution in [3.05, 3.63) is 268 Å². The molecule has 104 heavy (non-hydrogen) atoms. The van der Waals surface area contributed by atoms with Crippen LogP contribution in [-0.2, 0) is 48.7 Å². The summed E-state index contributed by atoms with van der Waals surface area (Å²) < 4.78 is 2.46. The number of hydrogen-bond donors (Lipinski definition) is 0. The number of unbranched alkanes of at least 4 members (excludes halogenated alkanes) is 12. The fourth-order valence-corrected chi connectivity index (χ4v) is 25.8. The van der Waals surface area contributed by atoms with Gasteiger partial charge in [0.05, 0.1) is 25.3 Å². The highest BCUT2D eigenvalue weighted by atomic mass is 32.2. The maximum Gasteiger partial charge on any atom is 0.270 e. The molecule has 16 heteroatoms. The lowest BCUT2D eigenvalue weighted by atomic mass is 9.98. The van der Waals surface area contributed by atoms with Crippen LogP contribution in [0, 0.1) is 35.8 Å². The van der Waals surface area contributed by atoms with Gasteiger partial charge >= 0.3 is 0 Å². The van der Waals surface area contributed by atoms with Gasteiger partial charge in [-0.3, -0.25) is 9.59 Å². The van der Waals surface area contributed by atoms with Gasteiger partial charge in [-0.05, 0) is 159 Å². The van der Waals surface area contributed by atoms with Crippen LogP contribution in [0.3, 0.4) is 0 Å². The number of benzene rings is 3. The van der Waals surface area contributed by atoms with E-state index >= 15 is 0 Å². The van der Waals surface area contributed by atoms with Crippen molar-refractivity contribution in [2.75, 3.05) is 0 Å². The number of allylic oxidation sites excluding steroid dienone is 6. The number of thiophene rings is 6. The molecule has 3 aromatic carbocycles. The zero-order valence-corrected chi connectivity index (χ0v) is 67.5. The molecule has 13 rings (SSSR count). The summed E-state index contributed by atoms with van der Waals surface area (Å²) in [5.41, 5.74) is 12.6. The number of thioether (sulfide) groups is 4. The van der Waals surface area contributed by atoms with E-state index in [1.165, 1.54) is 150 Å². The molecule has 6 nitrogen and oxygen atoms in total. The van der Waals surface area contributed by atoms with Gasteiger partial charge in [0.25, 0.3) is 11.4 Å². The monoisotopic (exact) mass is 1550 g/mol. The van der Waals surface area contributed by atoms with Crippen molar-refractivity contribution in [2.45, 2.75) is 179 Å². The molecule has 6 heterocycles. The standard InChI is InChI=1S/C88H82N4O2S10/c1-7-11-15-19-27-55-35-39-59(99-55)51-95-87(96-52-60-40-36-56(100-60)28-20-16-12-8-2)81-69-47-72-70(48-71(69)85-75(81)45-63(103-85)43-73-79(77(49-89)91-5)65-31-23-25-33-67(65)83(73)93)82(76-46-64(104-86(72)76)44-74-80(78(50-90)92-6)66-32-24-26-34-68(66)84(74)94)88(97-53-61-41-37-57(101-61)29-21-17-13-9-3)98-54-62-42-38-58(102-62)30-22-18-14-10-4/h23-26,31-48H,7-22,27-30,51-54H2,1-4H3/b73-43-,74-44-,79-77-,80-78+. The Kier molecular flexibility index (Phi) is 26.1. The molecule has 4 aliphatic rings. The van der Waals surface area contributed by atoms with Gasteiger partial charge in [0.15, 0.2) is 11.6 Å². The SMILES string of the molecule is [C-]#[N+]/C(C#N)=C1\C(=C\c2cc3c(s2)-c2cc4c(cc2C3=C(SCc2ccc(CCCCCC)s2)SCc2ccc(CCCCCC)s2)-c2sc(/C=C3\C(=O)c5ccccc5\C3=C(\C#N)[N+]#[C-])cc2C4=C(SCc2ccc(CCCCCC)s2)SCc2ccc(CCCCCC)s2)C(=O)c2ccccc21. The third-order valence-corrected chi connectivity index (χ3v) is 32.0. The van der Waals surface area contributed by atoms with E-state index in [0.717, 1.165) is 113 Å². The summed E-state index contributed by atoms with van der Waals surface area (Å²) in [6.45, 7) is 25.4. The van der Waals surface area contributed by atoms with E-state index in [2.05, 4.69) is 122 Å². The fourth-order valence-electron chi connectivity index (χ4n) is 14.2. The lowest BCUT2D eigenvalue weighted by Gasteiger charge is -2.15. The van der Waals surface area contributed by atoms with Crippen molar-refractivity contribution in [3.63, 3.8) is 0 Å². The first-order valence-corrected chi connectivity index (χ1v) is 45.4. The molecule has 0 N–H and O–H groups in total. The molecule has 0 saturated carbocycles. The summed E-state index contributed by atoms with van der Waals surface area (Å²) in [6, 6.07) is 47.2. The minimum absolute atomic E-state index is 0.0979. The van der Waals surface area contributed by atoms with Crippen molar-refractivity contribution < 1.29 is 9.59 Å². The van der Waals surface area contributed by atoms with Gasteiger partial charge in [-0.25, -0.2) is 20.2 Å². The smallest absolute Gasteiger partial charge is 0.270 e.